The zero-order valence-electron chi connectivity index (χ0n) is 22.6. The van der Waals surface area contributed by atoms with Crippen LogP contribution in [-0.4, -0.2) is 23.0 Å². The molecular weight excluding hydrogens is 517 g/mol. The molecule has 3 aromatic carbocycles. The maximum atomic E-state index is 13.1. The van der Waals surface area contributed by atoms with Gasteiger partial charge in [0.15, 0.2) is 0 Å². The van der Waals surface area contributed by atoms with Crippen molar-refractivity contribution in [2.75, 3.05) is 5.32 Å². The molecule has 2 unspecified atom stereocenters. The first-order valence-corrected chi connectivity index (χ1v) is 13.6. The zero-order chi connectivity index (χ0) is 28.9. The quantitative estimate of drug-likeness (QED) is 0.230. The van der Waals surface area contributed by atoms with Gasteiger partial charge in [0, 0.05) is 17.6 Å². The number of benzene rings is 3. The van der Waals surface area contributed by atoms with Crippen LogP contribution in [0.2, 0.25) is 0 Å². The number of carboxylic acid groups (broad SMARTS) is 1. The second-order valence-electron chi connectivity index (χ2n) is 10.9. The number of carbonyl (C=O) groups excluding carboxylic acids is 1. The van der Waals surface area contributed by atoms with Crippen molar-refractivity contribution < 1.29 is 27.9 Å². The van der Waals surface area contributed by atoms with E-state index in [2.05, 4.69) is 24.1 Å². The number of rotatable bonds is 10. The van der Waals surface area contributed by atoms with Gasteiger partial charge in [-0.1, -0.05) is 67.6 Å². The maximum absolute atomic E-state index is 13.1. The Morgan fingerprint density at radius 3 is 2.45 bits per heavy atom. The lowest BCUT2D eigenvalue weighted by Gasteiger charge is -2.29. The number of halogens is 3. The predicted octanol–water partition coefficient (Wildman–Crippen LogP) is 7.36. The Kier molecular flexibility index (Phi) is 9.17. The Labute approximate surface area is 232 Å². The van der Waals surface area contributed by atoms with Crippen LogP contribution in [0, 0.1) is 11.8 Å². The summed E-state index contributed by atoms with van der Waals surface area (Å²) in [6, 6.07) is 15.3. The fourth-order valence-electron chi connectivity index (χ4n) is 5.69. The van der Waals surface area contributed by atoms with E-state index in [0.717, 1.165) is 42.2 Å². The van der Waals surface area contributed by atoms with Crippen molar-refractivity contribution >= 4 is 28.3 Å². The van der Waals surface area contributed by atoms with Crippen molar-refractivity contribution in [3.8, 4) is 0 Å². The first kappa shape index (κ1) is 29.2. The van der Waals surface area contributed by atoms with Gasteiger partial charge in [-0.25, -0.2) is 4.79 Å². The Morgan fingerprint density at radius 1 is 1.05 bits per heavy atom. The maximum Gasteiger partial charge on any atom is 0.416 e. The molecule has 0 radical (unpaired) electrons. The minimum Gasteiger partial charge on any atom is -0.480 e. The Hall–Kier alpha value is -3.81. The van der Waals surface area contributed by atoms with Crippen LogP contribution in [0.3, 0.4) is 0 Å². The normalized spacial score (nSPS) is 18.4. The van der Waals surface area contributed by atoms with E-state index in [1.54, 1.807) is 0 Å². The van der Waals surface area contributed by atoms with E-state index >= 15 is 0 Å². The molecule has 1 fully saturated rings. The zero-order valence-corrected chi connectivity index (χ0v) is 22.6. The number of aliphatic carboxylic acids is 1. The highest BCUT2D eigenvalue weighted by atomic mass is 19.4. The number of amides is 1. The lowest BCUT2D eigenvalue weighted by molar-refractivity contribution is -0.142. The molecule has 0 saturated heterocycles. The first-order chi connectivity index (χ1) is 19.0. The molecule has 40 heavy (non-hydrogen) atoms. The molecule has 0 bridgehead atoms. The van der Waals surface area contributed by atoms with Crippen molar-refractivity contribution in [2.45, 2.75) is 64.2 Å². The van der Waals surface area contributed by atoms with Gasteiger partial charge >= 0.3 is 12.1 Å². The third-order valence-electron chi connectivity index (χ3n) is 7.56. The second kappa shape index (κ2) is 12.6. The van der Waals surface area contributed by atoms with Gasteiger partial charge in [-0.15, -0.1) is 0 Å². The van der Waals surface area contributed by atoms with Gasteiger partial charge in [0.1, 0.15) is 6.04 Å². The smallest absolute Gasteiger partial charge is 0.416 e. The van der Waals surface area contributed by atoms with Crippen LogP contribution in [-0.2, 0) is 28.7 Å². The van der Waals surface area contributed by atoms with E-state index in [1.165, 1.54) is 17.7 Å². The summed E-state index contributed by atoms with van der Waals surface area (Å²) in [4.78, 5) is 25.0. The number of nitrogens with one attached hydrogen (secondary N) is 2. The van der Waals surface area contributed by atoms with Crippen molar-refractivity contribution in [3.63, 3.8) is 0 Å². The standard InChI is InChI=1S/C32H35F3N2O3/c1-20-15-21(2)17-23(16-20)9-14-28(31(39)40)37-29(38)18-25-11-10-24-5-3-4-6-27(24)30(25)36-19-22-7-12-26(13-8-22)32(33,34)35/h3-8,10-13,21,23,28,36H,1,9,14-19H2,2H3,(H,37,38)(H,39,40)/t21?,23?,28-/m0/s1. The minimum absolute atomic E-state index is 0.0404. The summed E-state index contributed by atoms with van der Waals surface area (Å²) in [5.41, 5.74) is 2.50. The minimum atomic E-state index is -4.40. The van der Waals surface area contributed by atoms with Crippen molar-refractivity contribution in [1.29, 1.82) is 0 Å². The SMILES string of the molecule is C=C1CC(C)CC(CC[C@H](NC(=O)Cc2ccc3ccccc3c2NCc2ccc(C(F)(F)F)cc2)C(=O)O)C1. The molecular formula is C32H35F3N2O3. The average Bonchev–Trinajstić information content (AvgIpc) is 2.89. The van der Waals surface area contributed by atoms with Crippen LogP contribution in [0.25, 0.3) is 10.8 Å². The number of carbonyl (C=O) groups is 2. The molecule has 1 aliphatic rings. The highest BCUT2D eigenvalue weighted by Crippen LogP contribution is 2.35. The lowest BCUT2D eigenvalue weighted by Crippen LogP contribution is -2.42. The Bertz CT molecular complexity index is 1370. The van der Waals surface area contributed by atoms with Crippen molar-refractivity contribution in [1.82, 2.24) is 5.32 Å². The van der Waals surface area contributed by atoms with Gasteiger partial charge in [0.2, 0.25) is 5.91 Å². The van der Waals surface area contributed by atoms with Gasteiger partial charge < -0.3 is 15.7 Å². The fourth-order valence-corrected chi connectivity index (χ4v) is 5.69. The molecule has 3 atom stereocenters. The molecule has 3 N–H and O–H groups in total. The van der Waals surface area contributed by atoms with Crippen LogP contribution in [0.4, 0.5) is 18.9 Å². The van der Waals surface area contributed by atoms with E-state index in [-0.39, 0.29) is 13.0 Å². The summed E-state index contributed by atoms with van der Waals surface area (Å²) in [6.45, 7) is 6.55. The number of fused-ring (bicyclic) bond motifs is 1. The number of carboxylic acids is 1. The van der Waals surface area contributed by atoms with Gasteiger partial charge in [-0.2, -0.15) is 13.2 Å². The highest BCUT2D eigenvalue weighted by Gasteiger charge is 2.30. The van der Waals surface area contributed by atoms with Gasteiger partial charge in [0.05, 0.1) is 12.0 Å². The summed E-state index contributed by atoms with van der Waals surface area (Å²) < 4.78 is 38.8. The monoisotopic (exact) mass is 552 g/mol. The van der Waals surface area contributed by atoms with Crippen LogP contribution in [0.15, 0.2) is 72.8 Å². The average molecular weight is 553 g/mol. The molecule has 0 aromatic heterocycles. The molecule has 8 heteroatoms. The predicted molar refractivity (Wildman–Crippen MR) is 151 cm³/mol. The summed E-state index contributed by atoms with van der Waals surface area (Å²) in [7, 11) is 0. The molecule has 3 aromatic rings. The molecule has 5 nitrogen and oxygen atoms in total. The molecule has 212 valence electrons. The van der Waals surface area contributed by atoms with E-state index < -0.39 is 29.7 Å². The van der Waals surface area contributed by atoms with Crippen LogP contribution in [0.5, 0.6) is 0 Å². The second-order valence-corrected chi connectivity index (χ2v) is 10.9. The summed E-state index contributed by atoms with van der Waals surface area (Å²) in [6.07, 6.45) is -0.448. The molecule has 0 aliphatic heterocycles. The Morgan fingerprint density at radius 2 is 1.77 bits per heavy atom. The van der Waals surface area contributed by atoms with Gasteiger partial charge in [0.25, 0.3) is 0 Å². The Balaban J connectivity index is 1.46. The molecule has 0 spiro atoms. The van der Waals surface area contributed by atoms with Crippen LogP contribution >= 0.6 is 0 Å². The third-order valence-corrected chi connectivity index (χ3v) is 7.56. The summed E-state index contributed by atoms with van der Waals surface area (Å²) >= 11 is 0. The summed E-state index contributed by atoms with van der Waals surface area (Å²) in [5.74, 6) is -0.557. The van der Waals surface area contributed by atoms with E-state index in [9.17, 15) is 27.9 Å². The lowest BCUT2D eigenvalue weighted by atomic mass is 9.77. The number of hydrogen-bond acceptors (Lipinski definition) is 3. The molecule has 0 heterocycles. The van der Waals surface area contributed by atoms with Crippen LogP contribution in [0.1, 0.15) is 55.7 Å². The summed E-state index contributed by atoms with van der Waals surface area (Å²) in [5, 5.41) is 17.6. The van der Waals surface area contributed by atoms with Crippen LogP contribution < -0.4 is 10.6 Å². The molecule has 1 amide bonds. The molecule has 1 saturated carbocycles. The highest BCUT2D eigenvalue weighted by molar-refractivity contribution is 5.97. The number of hydrogen-bond donors (Lipinski definition) is 3. The fraction of sp³-hybridized carbons (Fsp3) is 0.375. The first-order valence-electron chi connectivity index (χ1n) is 13.6. The topological polar surface area (TPSA) is 78.4 Å². The van der Waals surface area contributed by atoms with Gasteiger partial charge in [-0.05, 0) is 72.6 Å². The van der Waals surface area contributed by atoms with E-state index in [1.807, 2.05) is 36.4 Å². The number of anilines is 1. The van der Waals surface area contributed by atoms with Crippen molar-refractivity contribution in [3.05, 3.63) is 89.5 Å². The number of allylic oxidation sites excluding steroid dienone is 1. The van der Waals surface area contributed by atoms with Gasteiger partial charge in [-0.3, -0.25) is 4.79 Å². The van der Waals surface area contributed by atoms with Crippen molar-refractivity contribution in [2.24, 2.45) is 11.8 Å². The molecule has 1 aliphatic carbocycles. The number of alkyl halides is 3. The third kappa shape index (κ3) is 7.64. The molecule has 4 rings (SSSR count). The van der Waals surface area contributed by atoms with E-state index in [0.29, 0.717) is 41.5 Å². The largest absolute Gasteiger partial charge is 0.480 e. The van der Waals surface area contributed by atoms with E-state index in [4.69, 9.17) is 0 Å².